The quantitative estimate of drug-likeness (QED) is 0.234. The van der Waals surface area contributed by atoms with E-state index in [1.165, 1.54) is 44.6 Å². The van der Waals surface area contributed by atoms with Gasteiger partial charge in [0.1, 0.15) is 0 Å². The van der Waals surface area contributed by atoms with Crippen LogP contribution in [0.5, 0.6) is 0 Å². The zero-order valence-corrected chi connectivity index (χ0v) is 21.4. The molecule has 0 aromatic heterocycles. The lowest BCUT2D eigenvalue weighted by Gasteiger charge is -2.37. The summed E-state index contributed by atoms with van der Waals surface area (Å²) in [5.74, 6) is 0. The molecule has 0 bridgehead atoms. The second kappa shape index (κ2) is 8.78. The van der Waals surface area contributed by atoms with Gasteiger partial charge in [-0.1, -0.05) is 103 Å². The highest BCUT2D eigenvalue weighted by Gasteiger charge is 2.42. The molecule has 3 heteroatoms. The van der Waals surface area contributed by atoms with E-state index in [9.17, 15) is 0 Å². The molecule has 39 heavy (non-hydrogen) atoms. The molecule has 6 aromatic carbocycles. The molecule has 0 amide bonds. The zero-order chi connectivity index (χ0) is 25.8. The first-order valence-corrected chi connectivity index (χ1v) is 13.5. The van der Waals surface area contributed by atoms with Gasteiger partial charge in [0.15, 0.2) is 0 Å². The first kappa shape index (κ1) is 22.0. The highest BCUT2D eigenvalue weighted by atomic mass is 15.2. The molecule has 0 fully saturated rings. The Bertz CT molecular complexity index is 1780. The molecular formula is C36H25BN2. The van der Waals surface area contributed by atoms with Crippen LogP contribution in [0.1, 0.15) is 0 Å². The van der Waals surface area contributed by atoms with E-state index in [4.69, 9.17) is 0 Å². The maximum absolute atomic E-state index is 2.45. The molecule has 0 unspecified atom stereocenters. The molecule has 2 aliphatic rings. The van der Waals surface area contributed by atoms with Crippen molar-refractivity contribution in [3.63, 3.8) is 0 Å². The van der Waals surface area contributed by atoms with E-state index >= 15 is 0 Å². The van der Waals surface area contributed by atoms with E-state index in [1.54, 1.807) is 0 Å². The van der Waals surface area contributed by atoms with Crippen LogP contribution in [0.3, 0.4) is 0 Å². The third-order valence-electron chi connectivity index (χ3n) is 8.02. The molecule has 0 saturated carbocycles. The fourth-order valence-electron chi connectivity index (χ4n) is 6.46. The van der Waals surface area contributed by atoms with E-state index in [0.29, 0.717) is 0 Å². The van der Waals surface area contributed by atoms with E-state index in [1.807, 2.05) is 0 Å². The summed E-state index contributed by atoms with van der Waals surface area (Å²) in [5, 5.41) is 0. The van der Waals surface area contributed by atoms with E-state index in [-0.39, 0.29) is 6.71 Å². The largest absolute Gasteiger partial charge is 0.311 e. The van der Waals surface area contributed by atoms with Crippen LogP contribution < -0.4 is 26.2 Å². The van der Waals surface area contributed by atoms with Gasteiger partial charge in [-0.3, -0.25) is 0 Å². The lowest BCUT2D eigenvalue weighted by molar-refractivity contribution is 1.26. The van der Waals surface area contributed by atoms with Gasteiger partial charge in [0, 0.05) is 34.1 Å². The van der Waals surface area contributed by atoms with E-state index in [2.05, 4.69) is 161 Å². The van der Waals surface area contributed by atoms with Crippen molar-refractivity contribution in [3.8, 4) is 11.1 Å². The third kappa shape index (κ3) is 3.37. The van der Waals surface area contributed by atoms with Crippen LogP contribution >= 0.6 is 0 Å². The maximum atomic E-state index is 2.45. The summed E-state index contributed by atoms with van der Waals surface area (Å²) in [6.07, 6.45) is 0. The number of hydrogen-bond donors (Lipinski definition) is 0. The molecule has 0 atom stereocenters. The maximum Gasteiger partial charge on any atom is 0.248 e. The van der Waals surface area contributed by atoms with Crippen LogP contribution in [0.4, 0.5) is 34.1 Å². The van der Waals surface area contributed by atoms with Crippen molar-refractivity contribution in [1.29, 1.82) is 0 Å². The van der Waals surface area contributed by atoms with Gasteiger partial charge in [0.05, 0.1) is 0 Å². The smallest absolute Gasteiger partial charge is 0.248 e. The standard InChI is InChI=1S/C36H25BN2/c1-4-14-26(15-5-1)38(27-16-6-2-7-17-27)29-24-31-30-20-10-11-21-32(30)37-33-22-12-13-23-34(33)39(35(25-29)36(31)37)28-18-8-3-9-19-28/h1-25H. The Morgan fingerprint density at radius 1 is 0.436 bits per heavy atom. The van der Waals surface area contributed by atoms with Gasteiger partial charge in [-0.2, -0.15) is 0 Å². The molecule has 182 valence electrons. The van der Waals surface area contributed by atoms with Crippen molar-refractivity contribution >= 4 is 57.2 Å². The monoisotopic (exact) mass is 496 g/mol. The van der Waals surface area contributed by atoms with Crippen LogP contribution in [-0.4, -0.2) is 6.71 Å². The highest BCUT2D eigenvalue weighted by Crippen LogP contribution is 2.45. The number of anilines is 6. The lowest BCUT2D eigenvalue weighted by Crippen LogP contribution is -2.54. The number of nitrogens with zero attached hydrogens (tertiary/aromatic N) is 2. The van der Waals surface area contributed by atoms with Crippen molar-refractivity contribution in [2.45, 2.75) is 0 Å². The summed E-state index contributed by atoms with van der Waals surface area (Å²) in [6.45, 7) is 0.221. The minimum Gasteiger partial charge on any atom is -0.311 e. The summed E-state index contributed by atoms with van der Waals surface area (Å²) >= 11 is 0. The topological polar surface area (TPSA) is 6.48 Å². The Kier molecular flexibility index (Phi) is 4.96. The first-order chi connectivity index (χ1) is 19.4. The van der Waals surface area contributed by atoms with Crippen molar-refractivity contribution in [3.05, 3.63) is 152 Å². The minimum absolute atomic E-state index is 0.221. The molecule has 2 heterocycles. The second-order valence-corrected chi connectivity index (χ2v) is 10.2. The SMILES string of the molecule is c1ccc(N(c2ccccc2)c2cc3c4c(c2)N(c2ccccc2)c2ccccc2B4c2ccccc2-3)cc1. The predicted molar refractivity (Wildman–Crippen MR) is 166 cm³/mol. The molecule has 0 spiro atoms. The van der Waals surface area contributed by atoms with Crippen molar-refractivity contribution < 1.29 is 0 Å². The summed E-state index contributed by atoms with van der Waals surface area (Å²) in [4.78, 5) is 4.82. The fourth-order valence-corrected chi connectivity index (χ4v) is 6.46. The Labute approximate surface area is 229 Å². The Morgan fingerprint density at radius 2 is 1.00 bits per heavy atom. The molecule has 0 aliphatic carbocycles. The molecule has 8 rings (SSSR count). The molecular weight excluding hydrogens is 471 g/mol. The average Bonchev–Trinajstić information content (AvgIpc) is 3.34. The van der Waals surface area contributed by atoms with E-state index in [0.717, 1.165) is 17.1 Å². The number of fused-ring (bicyclic) bond motifs is 5. The third-order valence-corrected chi connectivity index (χ3v) is 8.02. The minimum atomic E-state index is 0.221. The number of rotatable bonds is 4. The average molecular weight is 496 g/mol. The van der Waals surface area contributed by atoms with Gasteiger partial charge in [-0.25, -0.2) is 0 Å². The Balaban J connectivity index is 1.46. The Hall–Kier alpha value is -5.02. The normalized spacial score (nSPS) is 12.5. The van der Waals surface area contributed by atoms with E-state index < -0.39 is 0 Å². The van der Waals surface area contributed by atoms with Crippen molar-refractivity contribution in [2.75, 3.05) is 9.80 Å². The van der Waals surface area contributed by atoms with Crippen LogP contribution in [0, 0.1) is 0 Å². The predicted octanol–water partition coefficient (Wildman–Crippen LogP) is 7.44. The zero-order valence-electron chi connectivity index (χ0n) is 21.4. The number of hydrogen-bond acceptors (Lipinski definition) is 2. The van der Waals surface area contributed by atoms with Crippen LogP contribution in [0.25, 0.3) is 11.1 Å². The number of benzene rings is 6. The van der Waals surface area contributed by atoms with Gasteiger partial charge in [0.2, 0.25) is 6.71 Å². The van der Waals surface area contributed by atoms with Crippen LogP contribution in [-0.2, 0) is 0 Å². The van der Waals surface area contributed by atoms with Crippen LogP contribution in [0.15, 0.2) is 152 Å². The Morgan fingerprint density at radius 3 is 1.69 bits per heavy atom. The first-order valence-electron chi connectivity index (χ1n) is 13.5. The van der Waals surface area contributed by atoms with Crippen molar-refractivity contribution in [1.82, 2.24) is 0 Å². The highest BCUT2D eigenvalue weighted by molar-refractivity contribution is 7.01. The molecule has 0 radical (unpaired) electrons. The van der Waals surface area contributed by atoms with Gasteiger partial charge in [-0.15, -0.1) is 0 Å². The van der Waals surface area contributed by atoms with Gasteiger partial charge >= 0.3 is 0 Å². The van der Waals surface area contributed by atoms with Crippen LogP contribution in [0.2, 0.25) is 0 Å². The number of para-hydroxylation sites is 4. The van der Waals surface area contributed by atoms with Gasteiger partial charge in [-0.05, 0) is 76.6 Å². The van der Waals surface area contributed by atoms with Crippen molar-refractivity contribution in [2.24, 2.45) is 0 Å². The van der Waals surface area contributed by atoms with Gasteiger partial charge < -0.3 is 9.80 Å². The van der Waals surface area contributed by atoms with Gasteiger partial charge in [0.25, 0.3) is 0 Å². The molecule has 2 nitrogen and oxygen atoms in total. The summed E-state index contributed by atoms with van der Waals surface area (Å²) in [7, 11) is 0. The lowest BCUT2D eigenvalue weighted by atomic mass is 9.37. The second-order valence-electron chi connectivity index (χ2n) is 10.2. The molecule has 2 aliphatic heterocycles. The molecule has 0 saturated heterocycles. The fraction of sp³-hybridized carbons (Fsp3) is 0. The summed E-state index contributed by atoms with van der Waals surface area (Å²) in [5.41, 5.74) is 13.9. The summed E-state index contributed by atoms with van der Waals surface area (Å²) in [6, 6.07) is 54.8. The molecule has 6 aromatic rings. The molecule has 0 N–H and O–H groups in total. The summed E-state index contributed by atoms with van der Waals surface area (Å²) < 4.78 is 0.